The van der Waals surface area contributed by atoms with Gasteiger partial charge in [0, 0.05) is 11.4 Å². The van der Waals surface area contributed by atoms with Crippen molar-refractivity contribution in [3.8, 4) is 11.4 Å². The number of rotatable bonds is 7. The number of nitrogens with zero attached hydrogens (tertiary/aromatic N) is 1. The maximum Gasteiger partial charge on any atom is 0.346 e. The van der Waals surface area contributed by atoms with Gasteiger partial charge in [-0.15, -0.1) is 11.3 Å². The molecule has 0 fully saturated rings. The molecule has 0 aliphatic rings. The molecule has 4 rings (SSSR count). The van der Waals surface area contributed by atoms with E-state index in [-0.39, 0.29) is 32.6 Å². The van der Waals surface area contributed by atoms with Crippen LogP contribution in [0.2, 0.25) is 5.02 Å². The van der Waals surface area contributed by atoms with Crippen molar-refractivity contribution >= 4 is 39.8 Å². The van der Waals surface area contributed by atoms with Crippen LogP contribution >= 0.6 is 22.9 Å². The normalized spacial score (nSPS) is 12.1. The number of aromatic carboxylic acids is 1. The van der Waals surface area contributed by atoms with Gasteiger partial charge in [0.25, 0.3) is 5.56 Å². The average molecular weight is 471 g/mol. The van der Waals surface area contributed by atoms with Crippen molar-refractivity contribution in [1.82, 2.24) is 9.55 Å². The Bertz CT molecular complexity index is 1410. The van der Waals surface area contributed by atoms with Crippen LogP contribution in [-0.4, -0.2) is 20.6 Å². The van der Waals surface area contributed by atoms with Gasteiger partial charge in [-0.1, -0.05) is 55.3 Å². The minimum absolute atomic E-state index is 0.0716. The molecule has 0 aliphatic carbocycles. The molecule has 0 aliphatic heterocycles. The Labute approximate surface area is 191 Å². The maximum absolute atomic E-state index is 13.1. The molecule has 2 N–H and O–H groups in total. The lowest BCUT2D eigenvalue weighted by Crippen LogP contribution is -2.34. The summed E-state index contributed by atoms with van der Waals surface area (Å²) in [5.74, 6) is -0.809. The molecule has 32 heavy (non-hydrogen) atoms. The Balaban J connectivity index is 1.82. The molecule has 2 aromatic heterocycles. The van der Waals surface area contributed by atoms with Crippen molar-refractivity contribution < 1.29 is 14.6 Å². The first-order chi connectivity index (χ1) is 15.4. The van der Waals surface area contributed by atoms with Crippen LogP contribution in [0.1, 0.15) is 41.1 Å². The van der Waals surface area contributed by atoms with Gasteiger partial charge in [-0.2, -0.15) is 0 Å². The number of carbonyl (C=O) groups is 1. The number of aromatic nitrogens is 2. The van der Waals surface area contributed by atoms with E-state index in [1.54, 1.807) is 12.1 Å². The van der Waals surface area contributed by atoms with E-state index in [1.807, 2.05) is 30.3 Å². The zero-order valence-electron chi connectivity index (χ0n) is 17.0. The first-order valence-electron chi connectivity index (χ1n) is 9.92. The van der Waals surface area contributed by atoms with Crippen molar-refractivity contribution in [2.75, 3.05) is 0 Å². The van der Waals surface area contributed by atoms with Gasteiger partial charge < -0.3 is 14.8 Å². The number of ether oxygens (including phenoxy) is 1. The number of benzene rings is 2. The monoisotopic (exact) mass is 470 g/mol. The highest BCUT2D eigenvalue weighted by atomic mass is 35.5. The van der Waals surface area contributed by atoms with E-state index in [1.165, 1.54) is 11.4 Å². The number of halogens is 1. The summed E-state index contributed by atoms with van der Waals surface area (Å²) in [4.78, 5) is 39.8. The Morgan fingerprint density at radius 1 is 1.22 bits per heavy atom. The molecule has 0 amide bonds. The molecule has 9 heteroatoms. The fourth-order valence-corrected chi connectivity index (χ4v) is 4.57. The topological polar surface area (TPSA) is 101 Å². The van der Waals surface area contributed by atoms with Gasteiger partial charge in [0.1, 0.15) is 16.7 Å². The second-order valence-electron chi connectivity index (χ2n) is 7.15. The number of hydrogen-bond acceptors (Lipinski definition) is 5. The van der Waals surface area contributed by atoms with E-state index < -0.39 is 17.2 Å². The van der Waals surface area contributed by atoms with Crippen LogP contribution in [0.5, 0.6) is 5.75 Å². The van der Waals surface area contributed by atoms with Gasteiger partial charge in [-0.3, -0.25) is 4.79 Å². The lowest BCUT2D eigenvalue weighted by molar-refractivity contribution is 0.0704. The lowest BCUT2D eigenvalue weighted by atomic mass is 10.1. The first kappa shape index (κ1) is 21.9. The summed E-state index contributed by atoms with van der Waals surface area (Å²) in [5.41, 5.74) is -0.178. The Kier molecular flexibility index (Phi) is 6.16. The third-order valence-electron chi connectivity index (χ3n) is 5.01. The summed E-state index contributed by atoms with van der Waals surface area (Å²) in [5, 5.41) is 10.9. The van der Waals surface area contributed by atoms with Gasteiger partial charge in [0.15, 0.2) is 0 Å². The zero-order valence-corrected chi connectivity index (χ0v) is 18.6. The molecule has 1 atom stereocenters. The van der Waals surface area contributed by atoms with Crippen molar-refractivity contribution in [3.63, 3.8) is 0 Å². The average Bonchev–Trinajstić information content (AvgIpc) is 3.20. The Hall–Kier alpha value is -3.36. The molecule has 2 aromatic carbocycles. The summed E-state index contributed by atoms with van der Waals surface area (Å²) in [7, 11) is 0. The second-order valence-corrected chi connectivity index (χ2v) is 8.44. The van der Waals surface area contributed by atoms with E-state index in [4.69, 9.17) is 16.3 Å². The number of fused-ring (bicyclic) bond motifs is 1. The third-order valence-corrected chi connectivity index (χ3v) is 6.29. The summed E-state index contributed by atoms with van der Waals surface area (Å²) in [6.45, 7) is 2.06. The summed E-state index contributed by atoms with van der Waals surface area (Å²) < 4.78 is 7.04. The number of H-pyrrole nitrogens is 1. The predicted octanol–water partition coefficient (Wildman–Crippen LogP) is 5.01. The van der Waals surface area contributed by atoms with E-state index in [9.17, 15) is 19.5 Å². The van der Waals surface area contributed by atoms with Crippen molar-refractivity contribution in [2.45, 2.75) is 25.9 Å². The summed E-state index contributed by atoms with van der Waals surface area (Å²) in [6, 6.07) is 14.5. The van der Waals surface area contributed by atoms with Gasteiger partial charge >= 0.3 is 11.7 Å². The van der Waals surface area contributed by atoms with Gasteiger partial charge in [0.05, 0.1) is 21.6 Å². The number of aromatic amines is 1. The minimum Gasteiger partial charge on any atom is -0.486 e. The fraction of sp³-hybridized carbons (Fsp3) is 0.174. The number of hydrogen-bond donors (Lipinski definition) is 2. The summed E-state index contributed by atoms with van der Waals surface area (Å²) in [6.07, 6.45) is 1.44. The largest absolute Gasteiger partial charge is 0.486 e. The molecule has 0 saturated heterocycles. The van der Waals surface area contributed by atoms with Crippen molar-refractivity contribution in [1.29, 1.82) is 0 Å². The van der Waals surface area contributed by atoms with Crippen LogP contribution in [0.3, 0.4) is 0 Å². The van der Waals surface area contributed by atoms with Crippen LogP contribution in [0.25, 0.3) is 16.6 Å². The molecule has 2 heterocycles. The third kappa shape index (κ3) is 4.06. The standard InChI is InChI=1S/C23H19ClN2O5S/c1-2-6-18(13-7-4-3-5-8-13)31-14-9-10-15(24)17(11-14)26-21(27)19-16(25-23(26)30)12-32-20(19)22(28)29/h3-5,7-12,18H,2,6H2,1H3,(H,25,30)(H,28,29). The SMILES string of the molecule is CCCC(Oc1ccc(Cl)c(-n2c(=O)[nH]c3csc(C(=O)O)c3c2=O)c1)c1ccccc1. The molecular weight excluding hydrogens is 452 g/mol. The molecule has 7 nitrogen and oxygen atoms in total. The highest BCUT2D eigenvalue weighted by Crippen LogP contribution is 2.30. The van der Waals surface area contributed by atoms with E-state index >= 15 is 0 Å². The maximum atomic E-state index is 13.1. The minimum atomic E-state index is -1.24. The van der Waals surface area contributed by atoms with Crippen LogP contribution in [0.4, 0.5) is 0 Å². The highest BCUT2D eigenvalue weighted by molar-refractivity contribution is 7.13. The van der Waals surface area contributed by atoms with Gasteiger partial charge in [-0.25, -0.2) is 14.2 Å². The molecule has 0 saturated carbocycles. The molecule has 4 aromatic rings. The fourth-order valence-electron chi connectivity index (χ4n) is 3.54. The molecule has 1 unspecified atom stereocenters. The van der Waals surface area contributed by atoms with Crippen LogP contribution in [0, 0.1) is 0 Å². The van der Waals surface area contributed by atoms with Crippen LogP contribution < -0.4 is 16.0 Å². The Morgan fingerprint density at radius 2 is 1.97 bits per heavy atom. The number of thiophene rings is 1. The zero-order chi connectivity index (χ0) is 22.8. The lowest BCUT2D eigenvalue weighted by Gasteiger charge is -2.20. The number of carboxylic acids is 1. The molecular formula is C23H19ClN2O5S. The molecule has 0 radical (unpaired) electrons. The smallest absolute Gasteiger partial charge is 0.346 e. The number of nitrogens with one attached hydrogen (secondary N) is 1. The van der Waals surface area contributed by atoms with Crippen molar-refractivity contribution in [2.24, 2.45) is 0 Å². The molecule has 0 spiro atoms. The highest BCUT2D eigenvalue weighted by Gasteiger charge is 2.21. The van der Waals surface area contributed by atoms with E-state index in [0.717, 1.165) is 34.3 Å². The van der Waals surface area contributed by atoms with Gasteiger partial charge in [-0.05, 0) is 24.1 Å². The van der Waals surface area contributed by atoms with Crippen molar-refractivity contribution in [3.05, 3.63) is 90.2 Å². The molecule has 164 valence electrons. The molecule has 0 bridgehead atoms. The Morgan fingerprint density at radius 3 is 2.66 bits per heavy atom. The van der Waals surface area contributed by atoms with E-state index in [2.05, 4.69) is 11.9 Å². The summed E-state index contributed by atoms with van der Waals surface area (Å²) >= 11 is 7.21. The predicted molar refractivity (Wildman–Crippen MR) is 125 cm³/mol. The first-order valence-corrected chi connectivity index (χ1v) is 11.2. The van der Waals surface area contributed by atoms with Gasteiger partial charge in [0.2, 0.25) is 0 Å². The van der Waals surface area contributed by atoms with E-state index in [0.29, 0.717) is 5.75 Å². The van der Waals surface area contributed by atoms with Crippen LogP contribution in [-0.2, 0) is 0 Å². The quantitative estimate of drug-likeness (QED) is 0.395. The number of carboxylic acid groups (broad SMARTS) is 1. The second kappa shape index (κ2) is 9.02. The van der Waals surface area contributed by atoms with Crippen LogP contribution in [0.15, 0.2) is 63.5 Å².